The average Bonchev–Trinajstić information content (AvgIpc) is 3.47. The van der Waals surface area contributed by atoms with Crippen LogP contribution in [-0.4, -0.2) is 59.0 Å². The van der Waals surface area contributed by atoms with Gasteiger partial charge < -0.3 is 20.1 Å². The lowest BCUT2D eigenvalue weighted by atomic mass is 9.79. The predicted octanol–water partition coefficient (Wildman–Crippen LogP) is 4.78. The molecule has 1 aliphatic carbocycles. The number of hydrogen-bond donors (Lipinski definition) is 2. The number of rotatable bonds is 7. The molecule has 1 saturated carbocycles. The molecule has 5 rings (SSSR count). The Balaban J connectivity index is 1.84. The Bertz CT molecular complexity index is 1340. The van der Waals surface area contributed by atoms with Gasteiger partial charge in [-0.25, -0.2) is 14.2 Å². The lowest BCUT2D eigenvalue weighted by molar-refractivity contribution is -0.140. The molecule has 2 N–H and O–H groups in total. The van der Waals surface area contributed by atoms with E-state index in [4.69, 9.17) is 5.26 Å². The Morgan fingerprint density at radius 3 is 2.86 bits per heavy atom. The number of benzene rings is 1. The molecule has 3 atom stereocenters. The van der Waals surface area contributed by atoms with Gasteiger partial charge >= 0.3 is 12.1 Å². The van der Waals surface area contributed by atoms with E-state index in [2.05, 4.69) is 48.9 Å². The number of anilines is 1. The Hall–Kier alpha value is -3.02. The molecular weight excluding hydrogens is 551 g/mol. The highest BCUT2D eigenvalue weighted by Gasteiger charge is 2.54. The van der Waals surface area contributed by atoms with Gasteiger partial charge in [-0.2, -0.15) is 5.26 Å². The molecule has 0 radical (unpaired) electrons. The molecule has 188 valence electrons. The number of halogens is 2. The van der Waals surface area contributed by atoms with Crippen LogP contribution >= 0.6 is 27.7 Å². The van der Waals surface area contributed by atoms with E-state index in [1.807, 2.05) is 12.3 Å². The highest BCUT2D eigenvalue weighted by atomic mass is 79.9. The quantitative estimate of drug-likeness (QED) is 0.275. The molecule has 2 aromatic rings. The fourth-order valence-corrected chi connectivity index (χ4v) is 5.83. The van der Waals surface area contributed by atoms with Crippen LogP contribution in [-0.2, 0) is 16.0 Å². The molecule has 11 heteroatoms. The van der Waals surface area contributed by atoms with Crippen molar-refractivity contribution in [3.63, 3.8) is 0 Å². The van der Waals surface area contributed by atoms with Gasteiger partial charge in [0.1, 0.15) is 10.5 Å². The van der Waals surface area contributed by atoms with Gasteiger partial charge in [-0.3, -0.25) is 4.79 Å². The van der Waals surface area contributed by atoms with Crippen molar-refractivity contribution in [3.05, 3.63) is 27.5 Å². The molecule has 1 aromatic carbocycles. The summed E-state index contributed by atoms with van der Waals surface area (Å²) in [5, 5.41) is 23.1. The molecule has 0 unspecified atom stereocenters. The molecule has 2 bridgehead atoms. The second-order valence-electron chi connectivity index (χ2n) is 8.64. The number of pyridine rings is 1. The minimum Gasteiger partial charge on any atom is -0.469 e. The number of methoxy groups -OCH3 is 1. The number of carboxylic acid groups (broad SMARTS) is 1. The van der Waals surface area contributed by atoms with Crippen molar-refractivity contribution >= 4 is 56.3 Å². The van der Waals surface area contributed by atoms with Crippen molar-refractivity contribution in [3.8, 4) is 17.9 Å². The Kier molecular flexibility index (Phi) is 7.91. The summed E-state index contributed by atoms with van der Waals surface area (Å²) in [4.78, 5) is 29.2. The minimum absolute atomic E-state index is 0.133. The van der Waals surface area contributed by atoms with Gasteiger partial charge in [0.05, 0.1) is 47.4 Å². The Morgan fingerprint density at radius 2 is 2.22 bits per heavy atom. The SMILES string of the molecule is COC(=O)CCC#Cc1c(SC)nc2c(F)c(Br)c(CCC#N)cc2c1N[C@H]1[C@@H]2C[C@H]1N(C(=O)O)C2. The summed E-state index contributed by atoms with van der Waals surface area (Å²) in [5.41, 5.74) is 1.96. The molecule has 2 aliphatic heterocycles. The molecule has 2 saturated heterocycles. The third kappa shape index (κ3) is 4.82. The Morgan fingerprint density at radius 1 is 1.44 bits per heavy atom. The number of thioether (sulfide) groups is 1. The van der Waals surface area contributed by atoms with Crippen LogP contribution in [0, 0.1) is 34.9 Å². The van der Waals surface area contributed by atoms with E-state index in [-0.39, 0.29) is 53.2 Å². The molecule has 0 spiro atoms. The topological polar surface area (TPSA) is 116 Å². The zero-order valence-electron chi connectivity index (χ0n) is 19.7. The molecule has 1 amide bonds. The molecule has 3 aliphatic rings. The highest BCUT2D eigenvalue weighted by molar-refractivity contribution is 9.10. The predicted molar refractivity (Wildman–Crippen MR) is 137 cm³/mol. The maximum Gasteiger partial charge on any atom is 0.407 e. The van der Waals surface area contributed by atoms with Gasteiger partial charge in [-0.05, 0) is 46.7 Å². The van der Waals surface area contributed by atoms with E-state index in [0.29, 0.717) is 40.2 Å². The first-order valence-corrected chi connectivity index (χ1v) is 13.4. The fourth-order valence-electron chi connectivity index (χ4n) is 4.79. The van der Waals surface area contributed by atoms with E-state index >= 15 is 4.39 Å². The van der Waals surface area contributed by atoms with Crippen LogP contribution in [0.2, 0.25) is 0 Å². The van der Waals surface area contributed by atoms with Crippen LogP contribution in [0.1, 0.15) is 36.8 Å². The van der Waals surface area contributed by atoms with E-state index in [9.17, 15) is 14.7 Å². The number of ether oxygens (including phenoxy) is 1. The second kappa shape index (κ2) is 10.9. The van der Waals surface area contributed by atoms with Crippen LogP contribution in [0.3, 0.4) is 0 Å². The normalized spacial score (nSPS) is 19.8. The van der Waals surface area contributed by atoms with Crippen molar-refractivity contribution in [2.45, 2.75) is 49.2 Å². The van der Waals surface area contributed by atoms with Gasteiger partial charge in [0.25, 0.3) is 0 Å². The van der Waals surface area contributed by atoms with E-state index in [1.165, 1.54) is 23.8 Å². The van der Waals surface area contributed by atoms with Crippen molar-refractivity contribution < 1.29 is 23.8 Å². The van der Waals surface area contributed by atoms with Gasteiger partial charge in [0.15, 0.2) is 5.82 Å². The summed E-state index contributed by atoms with van der Waals surface area (Å²) in [6, 6.07) is 3.60. The number of carbonyl (C=O) groups excluding carboxylic acids is 1. The first-order valence-electron chi connectivity index (χ1n) is 11.4. The summed E-state index contributed by atoms with van der Waals surface area (Å²) >= 11 is 4.65. The number of fused-ring (bicyclic) bond motifs is 2. The van der Waals surface area contributed by atoms with Crippen molar-refractivity contribution in [2.24, 2.45) is 5.92 Å². The number of nitriles is 1. The first-order chi connectivity index (χ1) is 17.3. The van der Waals surface area contributed by atoms with E-state index in [0.717, 1.165) is 6.42 Å². The highest BCUT2D eigenvalue weighted by Crippen LogP contribution is 2.45. The van der Waals surface area contributed by atoms with Crippen molar-refractivity contribution in [1.82, 2.24) is 9.88 Å². The first kappa shape index (κ1) is 26.1. The minimum atomic E-state index is -0.951. The van der Waals surface area contributed by atoms with E-state index < -0.39 is 11.9 Å². The molecule has 1 aromatic heterocycles. The molecular formula is C25H24BrFN4O4S. The van der Waals surface area contributed by atoms with Gasteiger partial charge in [0, 0.05) is 30.7 Å². The smallest absolute Gasteiger partial charge is 0.407 e. The molecule has 36 heavy (non-hydrogen) atoms. The number of esters is 1. The zero-order valence-corrected chi connectivity index (χ0v) is 22.1. The van der Waals surface area contributed by atoms with Gasteiger partial charge in [-0.1, -0.05) is 11.8 Å². The van der Waals surface area contributed by atoms with Crippen molar-refractivity contribution in [1.29, 1.82) is 5.26 Å². The van der Waals surface area contributed by atoms with Gasteiger partial charge in [-0.15, -0.1) is 11.8 Å². The van der Waals surface area contributed by atoms with Gasteiger partial charge in [0.2, 0.25) is 0 Å². The summed E-state index contributed by atoms with van der Waals surface area (Å²) in [6.45, 7) is 0.448. The number of nitrogens with one attached hydrogen (secondary N) is 1. The lowest BCUT2D eigenvalue weighted by Gasteiger charge is -2.37. The summed E-state index contributed by atoms with van der Waals surface area (Å²) in [5.74, 6) is 5.38. The van der Waals surface area contributed by atoms with Crippen LogP contribution in [0.5, 0.6) is 0 Å². The number of amides is 1. The fraction of sp³-hybridized carbons (Fsp3) is 0.440. The Labute approximate surface area is 220 Å². The third-order valence-electron chi connectivity index (χ3n) is 6.65. The maximum atomic E-state index is 15.5. The summed E-state index contributed by atoms with van der Waals surface area (Å²) < 4.78 is 20.5. The average molecular weight is 575 g/mol. The molecule has 3 fully saturated rings. The molecule has 8 nitrogen and oxygen atoms in total. The third-order valence-corrected chi connectivity index (χ3v) is 8.19. The van der Waals surface area contributed by atoms with Crippen LogP contribution in [0.15, 0.2) is 15.6 Å². The van der Waals surface area contributed by atoms with Crippen LogP contribution in [0.25, 0.3) is 10.9 Å². The zero-order chi connectivity index (χ0) is 26.0. The van der Waals surface area contributed by atoms with Crippen molar-refractivity contribution in [2.75, 3.05) is 25.2 Å². The number of aromatic nitrogens is 1. The number of nitrogens with zero attached hydrogens (tertiary/aromatic N) is 3. The van der Waals surface area contributed by atoms with Crippen LogP contribution < -0.4 is 5.32 Å². The number of hydrogen-bond acceptors (Lipinski definition) is 7. The van der Waals surface area contributed by atoms with Crippen LogP contribution in [0.4, 0.5) is 14.9 Å². The summed E-state index contributed by atoms with van der Waals surface area (Å²) in [6.07, 6.45) is 2.65. The number of carbonyl (C=O) groups is 2. The molecule has 3 heterocycles. The lowest BCUT2D eigenvalue weighted by Crippen LogP contribution is -2.49. The standard InChI is InChI=1S/C25H24BrFN4O4S/c1-35-18(32)8-4-3-7-15-22(29-21-14-11-17(21)31(12-14)25(33)34)16-10-13(6-5-9-28)19(26)20(27)23(16)30-24(15)36-2/h10,14,17,21H,4-6,8,11-12H2,1-2H3,(H,29,30)(H,33,34)/t14-,17-,21+/m1/s1. The largest absolute Gasteiger partial charge is 0.469 e. The second-order valence-corrected chi connectivity index (χ2v) is 10.2. The maximum absolute atomic E-state index is 15.5. The summed E-state index contributed by atoms with van der Waals surface area (Å²) in [7, 11) is 1.32. The number of aryl methyl sites for hydroxylation is 1. The monoisotopic (exact) mass is 574 g/mol. The van der Waals surface area contributed by atoms with E-state index in [1.54, 1.807) is 0 Å².